The predicted octanol–water partition coefficient (Wildman–Crippen LogP) is 6.23. The van der Waals surface area contributed by atoms with Crippen molar-refractivity contribution >= 4 is 0 Å². The second kappa shape index (κ2) is 10.9. The third kappa shape index (κ3) is 7.40. The Kier molecular flexibility index (Phi) is 8.81. The number of benzene rings is 1. The molecule has 0 saturated carbocycles. The summed E-state index contributed by atoms with van der Waals surface area (Å²) in [6.45, 7) is 7.01. The highest BCUT2D eigenvalue weighted by Gasteiger charge is 2.30. The summed E-state index contributed by atoms with van der Waals surface area (Å²) in [5, 5.41) is 0. The lowest BCUT2D eigenvalue weighted by atomic mass is 9.89. The van der Waals surface area contributed by atoms with Crippen LogP contribution in [0, 0.1) is 0 Å². The quantitative estimate of drug-likeness (QED) is 0.416. The highest BCUT2D eigenvalue weighted by atomic mass is 16.5. The molecule has 2 nitrogen and oxygen atoms in total. The van der Waals surface area contributed by atoms with E-state index in [2.05, 4.69) is 50.1 Å². The maximum Gasteiger partial charge on any atom is 0.123 e. The van der Waals surface area contributed by atoms with Gasteiger partial charge in [0.1, 0.15) is 11.4 Å². The zero-order chi connectivity index (χ0) is 18.0. The van der Waals surface area contributed by atoms with Crippen molar-refractivity contribution < 1.29 is 4.74 Å². The molecule has 142 valence electrons. The Balaban J connectivity index is 1.56. The van der Waals surface area contributed by atoms with Gasteiger partial charge in [-0.1, -0.05) is 63.6 Å². The van der Waals surface area contributed by atoms with E-state index >= 15 is 0 Å². The smallest absolute Gasteiger partial charge is 0.123 e. The molecule has 0 bridgehead atoms. The van der Waals surface area contributed by atoms with Gasteiger partial charge in [-0.05, 0) is 70.8 Å². The van der Waals surface area contributed by atoms with E-state index in [0.717, 1.165) is 25.0 Å². The molecule has 25 heavy (non-hydrogen) atoms. The highest BCUT2D eigenvalue weighted by Crippen LogP contribution is 2.35. The molecule has 1 aromatic carbocycles. The average Bonchev–Trinajstić information content (AvgIpc) is 2.60. The number of aryl methyl sites for hydroxylation is 1. The number of nitrogens with zero attached hydrogens (tertiary/aromatic N) is 1. The molecule has 0 spiro atoms. The van der Waals surface area contributed by atoms with Gasteiger partial charge >= 0.3 is 0 Å². The molecular weight excluding hydrogens is 306 g/mol. The number of ether oxygens (including phenoxy) is 1. The van der Waals surface area contributed by atoms with Crippen LogP contribution in [0.3, 0.4) is 0 Å². The van der Waals surface area contributed by atoms with Crippen molar-refractivity contribution in [3.63, 3.8) is 0 Å². The van der Waals surface area contributed by atoms with E-state index in [9.17, 15) is 0 Å². The van der Waals surface area contributed by atoms with E-state index in [1.807, 2.05) is 0 Å². The summed E-state index contributed by atoms with van der Waals surface area (Å²) >= 11 is 0. The minimum atomic E-state index is 0.0223. The van der Waals surface area contributed by atoms with E-state index in [1.54, 1.807) is 0 Å². The van der Waals surface area contributed by atoms with Crippen molar-refractivity contribution in [2.75, 3.05) is 20.1 Å². The monoisotopic (exact) mass is 345 g/mol. The molecule has 1 atom stereocenters. The van der Waals surface area contributed by atoms with E-state index in [-0.39, 0.29) is 5.60 Å². The minimum absolute atomic E-state index is 0.0223. The number of rotatable bonds is 12. The Morgan fingerprint density at radius 3 is 2.44 bits per heavy atom. The second-order valence-corrected chi connectivity index (χ2v) is 8.19. The Bertz CT molecular complexity index is 487. The fourth-order valence-electron chi connectivity index (χ4n) is 3.88. The summed E-state index contributed by atoms with van der Waals surface area (Å²) in [4.78, 5) is 2.51. The molecule has 1 aliphatic heterocycles. The minimum Gasteiger partial charge on any atom is -0.487 e. The molecule has 1 heterocycles. The fourth-order valence-corrected chi connectivity index (χ4v) is 3.88. The molecule has 0 aliphatic carbocycles. The maximum absolute atomic E-state index is 6.33. The van der Waals surface area contributed by atoms with Gasteiger partial charge in [-0.3, -0.25) is 0 Å². The van der Waals surface area contributed by atoms with Crippen molar-refractivity contribution in [2.45, 2.75) is 90.1 Å². The number of hydrogen-bond acceptors (Lipinski definition) is 2. The van der Waals surface area contributed by atoms with Crippen molar-refractivity contribution in [3.8, 4) is 5.75 Å². The molecule has 2 rings (SSSR count). The average molecular weight is 346 g/mol. The lowest BCUT2D eigenvalue weighted by Crippen LogP contribution is -2.37. The first-order valence-corrected chi connectivity index (χ1v) is 10.6. The summed E-state index contributed by atoms with van der Waals surface area (Å²) in [7, 11) is 2.27. The molecule has 2 heteroatoms. The number of para-hydroxylation sites is 1. The van der Waals surface area contributed by atoms with Crippen LogP contribution < -0.4 is 4.74 Å². The van der Waals surface area contributed by atoms with Crippen LogP contribution >= 0.6 is 0 Å². The lowest BCUT2D eigenvalue weighted by molar-refractivity contribution is 0.0517. The van der Waals surface area contributed by atoms with Gasteiger partial charge in [0.25, 0.3) is 0 Å². The van der Waals surface area contributed by atoms with Crippen molar-refractivity contribution in [2.24, 2.45) is 0 Å². The highest BCUT2D eigenvalue weighted by molar-refractivity contribution is 5.35. The summed E-state index contributed by atoms with van der Waals surface area (Å²) in [5.74, 6) is 1.10. The molecule has 1 aliphatic rings. The standard InChI is InChI=1S/C23H39NO/c1-4-5-6-7-8-9-12-19-24(3)20-13-17-23(2)18-16-21-14-10-11-15-22(21)25-23/h10-11,14-15H,4-9,12-13,16-20H2,1-3H3. The molecular formula is C23H39NO. The topological polar surface area (TPSA) is 12.5 Å². The van der Waals surface area contributed by atoms with Crippen molar-refractivity contribution in [3.05, 3.63) is 29.8 Å². The number of hydrogen-bond donors (Lipinski definition) is 0. The Morgan fingerprint density at radius 1 is 0.960 bits per heavy atom. The predicted molar refractivity (Wildman–Crippen MR) is 109 cm³/mol. The third-order valence-corrected chi connectivity index (χ3v) is 5.64. The molecule has 0 aromatic heterocycles. The van der Waals surface area contributed by atoms with E-state index in [4.69, 9.17) is 4.74 Å². The van der Waals surface area contributed by atoms with Gasteiger partial charge in [0.05, 0.1) is 0 Å². The summed E-state index contributed by atoms with van der Waals surface area (Å²) < 4.78 is 6.33. The van der Waals surface area contributed by atoms with Crippen LogP contribution in [0.25, 0.3) is 0 Å². The van der Waals surface area contributed by atoms with Gasteiger partial charge in [0.15, 0.2) is 0 Å². The SMILES string of the molecule is CCCCCCCCCN(C)CCCC1(C)CCc2ccccc2O1. The fraction of sp³-hybridized carbons (Fsp3) is 0.739. The number of unbranched alkanes of at least 4 members (excludes halogenated alkanes) is 6. The van der Waals surface area contributed by atoms with Gasteiger partial charge in [0, 0.05) is 0 Å². The van der Waals surface area contributed by atoms with E-state index < -0.39 is 0 Å². The molecule has 1 unspecified atom stereocenters. The van der Waals surface area contributed by atoms with Crippen molar-refractivity contribution in [1.82, 2.24) is 4.90 Å². The Morgan fingerprint density at radius 2 is 1.64 bits per heavy atom. The maximum atomic E-state index is 6.33. The first-order valence-electron chi connectivity index (χ1n) is 10.6. The third-order valence-electron chi connectivity index (χ3n) is 5.64. The van der Waals surface area contributed by atoms with Gasteiger partial charge in [-0.15, -0.1) is 0 Å². The van der Waals surface area contributed by atoms with Gasteiger partial charge < -0.3 is 9.64 Å². The molecule has 0 saturated heterocycles. The van der Waals surface area contributed by atoms with Crippen LogP contribution in [-0.2, 0) is 6.42 Å². The molecule has 0 radical (unpaired) electrons. The zero-order valence-electron chi connectivity index (χ0n) is 16.9. The first kappa shape index (κ1) is 20.3. The largest absolute Gasteiger partial charge is 0.487 e. The van der Waals surface area contributed by atoms with E-state index in [1.165, 1.54) is 70.0 Å². The van der Waals surface area contributed by atoms with Crippen LogP contribution in [0.5, 0.6) is 5.75 Å². The van der Waals surface area contributed by atoms with Gasteiger partial charge in [-0.25, -0.2) is 0 Å². The summed E-state index contributed by atoms with van der Waals surface area (Å²) in [5.41, 5.74) is 1.39. The molecule has 0 amide bonds. The molecule has 0 N–H and O–H groups in total. The summed E-state index contributed by atoms with van der Waals surface area (Å²) in [6, 6.07) is 8.52. The summed E-state index contributed by atoms with van der Waals surface area (Å²) in [6.07, 6.45) is 14.4. The van der Waals surface area contributed by atoms with Crippen LogP contribution in [0.15, 0.2) is 24.3 Å². The van der Waals surface area contributed by atoms with Crippen LogP contribution in [0.1, 0.15) is 83.6 Å². The van der Waals surface area contributed by atoms with Crippen LogP contribution in [0.2, 0.25) is 0 Å². The lowest BCUT2D eigenvalue weighted by Gasteiger charge is -2.36. The van der Waals surface area contributed by atoms with E-state index in [0.29, 0.717) is 0 Å². The van der Waals surface area contributed by atoms with Crippen LogP contribution in [0.4, 0.5) is 0 Å². The number of fused-ring (bicyclic) bond motifs is 1. The molecule has 0 fully saturated rings. The van der Waals surface area contributed by atoms with Crippen LogP contribution in [-0.4, -0.2) is 30.6 Å². The second-order valence-electron chi connectivity index (χ2n) is 8.19. The zero-order valence-corrected chi connectivity index (χ0v) is 16.9. The Hall–Kier alpha value is -1.02. The van der Waals surface area contributed by atoms with Gasteiger partial charge in [-0.2, -0.15) is 0 Å². The first-order chi connectivity index (χ1) is 12.1. The molecule has 1 aromatic rings. The van der Waals surface area contributed by atoms with Gasteiger partial charge in [0.2, 0.25) is 0 Å². The van der Waals surface area contributed by atoms with Crippen molar-refractivity contribution in [1.29, 1.82) is 0 Å². The Labute approximate surface area is 156 Å². The normalized spacial score (nSPS) is 19.7.